The van der Waals surface area contributed by atoms with Crippen molar-refractivity contribution in [2.45, 2.75) is 20.4 Å². The van der Waals surface area contributed by atoms with Crippen LogP contribution in [0.4, 0.5) is 17.3 Å². The van der Waals surface area contributed by atoms with Crippen LogP contribution in [0.25, 0.3) is 33.3 Å². The molecule has 1 aliphatic heterocycles. The Morgan fingerprint density at radius 3 is 2.44 bits per heavy atom. The van der Waals surface area contributed by atoms with Gasteiger partial charge in [-0.1, -0.05) is 18.2 Å². The molecule has 1 saturated heterocycles. The summed E-state index contributed by atoms with van der Waals surface area (Å²) in [6.45, 7) is 8.77. The van der Waals surface area contributed by atoms with Crippen molar-refractivity contribution in [3.05, 3.63) is 87.5 Å². The first-order chi connectivity index (χ1) is 19.0. The Hall–Kier alpha value is -4.01. The van der Waals surface area contributed by atoms with Crippen LogP contribution in [-0.4, -0.2) is 52.7 Å². The number of likely N-dealkylation sites (N-methyl/N-ethyl adjacent to an activating group) is 1. The van der Waals surface area contributed by atoms with Crippen molar-refractivity contribution in [3.63, 3.8) is 0 Å². The van der Waals surface area contributed by atoms with Gasteiger partial charge >= 0.3 is 0 Å². The van der Waals surface area contributed by atoms with Gasteiger partial charge < -0.3 is 15.1 Å². The fourth-order valence-corrected chi connectivity index (χ4v) is 5.89. The van der Waals surface area contributed by atoms with E-state index in [-0.39, 0.29) is 5.56 Å². The molecule has 0 bridgehead atoms. The summed E-state index contributed by atoms with van der Waals surface area (Å²) in [5.74, 6) is 0.473. The maximum absolute atomic E-state index is 13.6. The molecule has 0 spiro atoms. The predicted molar refractivity (Wildman–Crippen MR) is 162 cm³/mol. The standard InChI is InChI=1S/C31H32N6OS/c1-4-37-29-24(18-28(30(37)38)27-10-5-22(17-21(27)2)23-11-16-39-20-23)19-32-31(34-29)33-25-6-8-26(9-7-25)36-14-12-35(3)13-15-36/h5-11,16-20H,4,12-15H2,1-3H3,(H,32,33,34). The number of piperazine rings is 1. The first-order valence-electron chi connectivity index (χ1n) is 13.3. The van der Waals surface area contributed by atoms with Gasteiger partial charge in [0.25, 0.3) is 5.56 Å². The summed E-state index contributed by atoms with van der Waals surface area (Å²) < 4.78 is 1.74. The highest BCUT2D eigenvalue weighted by molar-refractivity contribution is 7.08. The molecule has 0 unspecified atom stereocenters. The van der Waals surface area contributed by atoms with Crippen LogP contribution < -0.4 is 15.8 Å². The largest absolute Gasteiger partial charge is 0.369 e. The van der Waals surface area contributed by atoms with E-state index in [4.69, 9.17) is 4.98 Å². The Labute approximate surface area is 232 Å². The minimum atomic E-state index is -0.0439. The number of aryl methyl sites for hydroxylation is 2. The van der Waals surface area contributed by atoms with E-state index in [0.717, 1.165) is 53.9 Å². The zero-order chi connectivity index (χ0) is 26.9. The molecule has 7 nitrogen and oxygen atoms in total. The van der Waals surface area contributed by atoms with Gasteiger partial charge in [-0.2, -0.15) is 16.3 Å². The molecule has 1 fully saturated rings. The summed E-state index contributed by atoms with van der Waals surface area (Å²) in [5, 5.41) is 8.37. The number of benzene rings is 2. The second-order valence-corrected chi connectivity index (χ2v) is 10.9. The molecule has 198 valence electrons. The summed E-state index contributed by atoms with van der Waals surface area (Å²) in [6.07, 6.45) is 1.80. The third-order valence-electron chi connectivity index (χ3n) is 7.51. The van der Waals surface area contributed by atoms with Crippen molar-refractivity contribution in [1.29, 1.82) is 0 Å². The van der Waals surface area contributed by atoms with Gasteiger partial charge in [-0.25, -0.2) is 4.98 Å². The zero-order valence-corrected chi connectivity index (χ0v) is 23.3. The fourth-order valence-electron chi connectivity index (χ4n) is 5.23. The molecule has 0 amide bonds. The van der Waals surface area contributed by atoms with E-state index >= 15 is 0 Å². The summed E-state index contributed by atoms with van der Waals surface area (Å²) in [5.41, 5.74) is 7.74. The average molecular weight is 537 g/mol. The van der Waals surface area contributed by atoms with E-state index in [1.165, 1.54) is 11.3 Å². The van der Waals surface area contributed by atoms with Gasteiger partial charge in [-0.15, -0.1) is 0 Å². The first-order valence-corrected chi connectivity index (χ1v) is 14.3. The molecule has 0 atom stereocenters. The van der Waals surface area contributed by atoms with Gasteiger partial charge in [0.1, 0.15) is 5.65 Å². The van der Waals surface area contributed by atoms with E-state index in [1.807, 2.05) is 19.1 Å². The highest BCUT2D eigenvalue weighted by Gasteiger charge is 2.16. The Morgan fingerprint density at radius 1 is 0.949 bits per heavy atom. The third kappa shape index (κ3) is 5.05. The molecule has 0 radical (unpaired) electrons. The molecular weight excluding hydrogens is 504 g/mol. The minimum Gasteiger partial charge on any atom is -0.369 e. The van der Waals surface area contributed by atoms with Crippen molar-refractivity contribution >= 4 is 39.7 Å². The quantitative estimate of drug-likeness (QED) is 0.287. The van der Waals surface area contributed by atoms with E-state index in [1.54, 1.807) is 22.1 Å². The van der Waals surface area contributed by atoms with Crippen LogP contribution in [0.15, 0.2) is 76.3 Å². The number of fused-ring (bicyclic) bond motifs is 1. The Morgan fingerprint density at radius 2 is 1.74 bits per heavy atom. The van der Waals surface area contributed by atoms with Gasteiger partial charge in [-0.3, -0.25) is 9.36 Å². The molecule has 6 rings (SSSR count). The van der Waals surface area contributed by atoms with Gasteiger partial charge in [0, 0.05) is 61.2 Å². The molecule has 1 N–H and O–H groups in total. The molecule has 8 heteroatoms. The Balaban J connectivity index is 1.29. The Kier molecular flexibility index (Phi) is 6.89. The molecule has 4 heterocycles. The lowest BCUT2D eigenvalue weighted by Gasteiger charge is -2.34. The van der Waals surface area contributed by atoms with Crippen molar-refractivity contribution < 1.29 is 0 Å². The van der Waals surface area contributed by atoms with Crippen molar-refractivity contribution in [2.24, 2.45) is 0 Å². The van der Waals surface area contributed by atoms with E-state index in [9.17, 15) is 4.79 Å². The molecule has 39 heavy (non-hydrogen) atoms. The first kappa shape index (κ1) is 25.3. The van der Waals surface area contributed by atoms with Gasteiger partial charge in [0.05, 0.1) is 0 Å². The predicted octanol–water partition coefficient (Wildman–Crippen LogP) is 6.01. The SMILES string of the molecule is CCn1c(=O)c(-c2ccc(-c3ccsc3)cc2C)cc2cnc(Nc3ccc(N4CCN(C)CC4)cc3)nc21. The third-order valence-corrected chi connectivity index (χ3v) is 8.19. The number of anilines is 3. The number of rotatable bonds is 6. The van der Waals surface area contributed by atoms with E-state index in [2.05, 4.69) is 87.3 Å². The summed E-state index contributed by atoms with van der Waals surface area (Å²) in [7, 11) is 2.16. The van der Waals surface area contributed by atoms with Crippen LogP contribution in [0.1, 0.15) is 12.5 Å². The van der Waals surface area contributed by atoms with E-state index < -0.39 is 0 Å². The number of hydrogen-bond acceptors (Lipinski definition) is 7. The molecule has 1 aliphatic rings. The van der Waals surface area contributed by atoms with Crippen LogP contribution in [0, 0.1) is 6.92 Å². The summed E-state index contributed by atoms with van der Waals surface area (Å²) in [6, 6.07) is 18.7. The topological polar surface area (TPSA) is 66.3 Å². The second-order valence-electron chi connectivity index (χ2n) is 10.1. The summed E-state index contributed by atoms with van der Waals surface area (Å²) >= 11 is 1.68. The Bertz CT molecular complexity index is 1670. The van der Waals surface area contributed by atoms with Crippen LogP contribution in [0.5, 0.6) is 0 Å². The normalized spacial score (nSPS) is 14.2. The smallest absolute Gasteiger partial charge is 0.260 e. The van der Waals surface area contributed by atoms with Gasteiger partial charge in [0.2, 0.25) is 5.95 Å². The maximum Gasteiger partial charge on any atom is 0.260 e. The average Bonchev–Trinajstić information content (AvgIpc) is 3.49. The van der Waals surface area contributed by atoms with Gasteiger partial charge in [-0.05, 0) is 90.3 Å². The monoisotopic (exact) mass is 536 g/mol. The minimum absolute atomic E-state index is 0.0439. The molecule has 0 aliphatic carbocycles. The van der Waals surface area contributed by atoms with Crippen LogP contribution in [-0.2, 0) is 6.54 Å². The molecule has 0 saturated carbocycles. The number of pyridine rings is 1. The fraction of sp³-hybridized carbons (Fsp3) is 0.258. The lowest BCUT2D eigenvalue weighted by atomic mass is 9.97. The highest BCUT2D eigenvalue weighted by Crippen LogP contribution is 2.30. The zero-order valence-electron chi connectivity index (χ0n) is 22.5. The molecular formula is C31H32N6OS. The number of nitrogens with one attached hydrogen (secondary N) is 1. The molecule has 5 aromatic rings. The number of hydrogen-bond donors (Lipinski definition) is 1. The van der Waals surface area contributed by atoms with E-state index in [0.29, 0.717) is 23.7 Å². The number of aromatic nitrogens is 3. The number of thiophene rings is 1. The van der Waals surface area contributed by atoms with Crippen molar-refractivity contribution in [1.82, 2.24) is 19.4 Å². The maximum atomic E-state index is 13.6. The lowest BCUT2D eigenvalue weighted by Crippen LogP contribution is -2.44. The molecule has 2 aromatic carbocycles. The van der Waals surface area contributed by atoms with Crippen LogP contribution in [0.3, 0.4) is 0 Å². The second kappa shape index (κ2) is 10.6. The lowest BCUT2D eigenvalue weighted by molar-refractivity contribution is 0.313. The van der Waals surface area contributed by atoms with Crippen molar-refractivity contribution in [2.75, 3.05) is 43.4 Å². The highest BCUT2D eigenvalue weighted by atomic mass is 32.1. The van der Waals surface area contributed by atoms with Crippen LogP contribution >= 0.6 is 11.3 Å². The van der Waals surface area contributed by atoms with Gasteiger partial charge in [0.15, 0.2) is 0 Å². The molecule has 3 aromatic heterocycles. The van der Waals surface area contributed by atoms with Crippen molar-refractivity contribution in [3.8, 4) is 22.3 Å². The summed E-state index contributed by atoms with van der Waals surface area (Å²) in [4.78, 5) is 27.7. The van der Waals surface area contributed by atoms with Crippen LogP contribution in [0.2, 0.25) is 0 Å². The number of nitrogens with zero attached hydrogens (tertiary/aromatic N) is 5.